The summed E-state index contributed by atoms with van der Waals surface area (Å²) in [6.07, 6.45) is 2.18. The molecule has 1 aliphatic rings. The average molecular weight is 425 g/mol. The zero-order valence-corrected chi connectivity index (χ0v) is 18.2. The van der Waals surface area contributed by atoms with E-state index in [0.717, 1.165) is 17.0 Å². The number of hydrogen-bond donors (Lipinski definition) is 0. The second-order valence-electron chi connectivity index (χ2n) is 6.59. The van der Waals surface area contributed by atoms with Gasteiger partial charge >= 0.3 is 12.1 Å². The van der Waals surface area contributed by atoms with Crippen LogP contribution in [0.25, 0.3) is 0 Å². The number of aryl methyl sites for hydroxylation is 2. The Hall–Kier alpha value is -2.36. The molecule has 0 saturated carbocycles. The lowest BCUT2D eigenvalue weighted by Gasteiger charge is -2.33. The minimum Gasteiger partial charge on any atom is -0.456 e. The van der Waals surface area contributed by atoms with Crippen LogP contribution in [0, 0.1) is 13.8 Å². The Kier molecular flexibility index (Phi) is 8.69. The maximum absolute atomic E-state index is 12.2. The highest BCUT2D eigenvalue weighted by atomic mass is 32.2. The molecule has 160 valence electrons. The van der Waals surface area contributed by atoms with Crippen LogP contribution in [0.5, 0.6) is 0 Å². The molecule has 1 fully saturated rings. The molecule has 0 N–H and O–H groups in total. The van der Waals surface area contributed by atoms with Crippen LogP contribution >= 0.6 is 11.8 Å². The molecule has 0 bridgehead atoms. The molecular formula is C19H28N4O5S. The van der Waals surface area contributed by atoms with E-state index in [1.807, 2.05) is 20.1 Å². The fourth-order valence-corrected chi connectivity index (χ4v) is 3.50. The molecule has 10 heteroatoms. The van der Waals surface area contributed by atoms with E-state index in [1.54, 1.807) is 16.7 Å². The minimum absolute atomic E-state index is 0.160. The summed E-state index contributed by atoms with van der Waals surface area (Å²) in [7, 11) is 0. The molecule has 0 atom stereocenters. The maximum atomic E-state index is 12.2. The van der Waals surface area contributed by atoms with E-state index in [-0.39, 0.29) is 25.0 Å². The molecular weight excluding hydrogens is 396 g/mol. The van der Waals surface area contributed by atoms with Gasteiger partial charge in [0.05, 0.1) is 6.61 Å². The van der Waals surface area contributed by atoms with Crippen molar-refractivity contribution in [1.29, 1.82) is 0 Å². The first-order chi connectivity index (χ1) is 13.8. The van der Waals surface area contributed by atoms with E-state index in [1.165, 1.54) is 11.8 Å². The van der Waals surface area contributed by atoms with Crippen molar-refractivity contribution in [3.63, 3.8) is 0 Å². The third-order valence-corrected chi connectivity index (χ3v) is 5.22. The van der Waals surface area contributed by atoms with Crippen LogP contribution in [0.15, 0.2) is 5.16 Å². The van der Waals surface area contributed by atoms with Crippen molar-refractivity contribution < 1.29 is 23.9 Å². The van der Waals surface area contributed by atoms with Crippen molar-refractivity contribution in [2.45, 2.75) is 38.8 Å². The van der Waals surface area contributed by atoms with Crippen LogP contribution < -0.4 is 0 Å². The summed E-state index contributed by atoms with van der Waals surface area (Å²) >= 11 is 1.47. The maximum Gasteiger partial charge on any atom is 0.409 e. The topological polar surface area (TPSA) is 102 Å². The fourth-order valence-electron chi connectivity index (χ4n) is 3.05. The first kappa shape index (κ1) is 22.9. The van der Waals surface area contributed by atoms with Crippen molar-refractivity contribution >= 4 is 29.7 Å². The number of aromatic nitrogens is 2. The van der Waals surface area contributed by atoms with E-state index in [4.69, 9.17) is 9.47 Å². The Bertz CT molecular complexity index is 727. The highest BCUT2D eigenvalue weighted by molar-refractivity contribution is 7.98. The van der Waals surface area contributed by atoms with Gasteiger partial charge in [0.1, 0.15) is 0 Å². The van der Waals surface area contributed by atoms with E-state index in [2.05, 4.69) is 9.97 Å². The lowest BCUT2D eigenvalue weighted by atomic mass is 10.1. The molecule has 0 spiro atoms. The number of carbonyl (C=O) groups is 3. The van der Waals surface area contributed by atoms with Crippen molar-refractivity contribution in [1.82, 2.24) is 19.8 Å². The summed E-state index contributed by atoms with van der Waals surface area (Å²) in [5, 5.41) is 0.708. The zero-order valence-electron chi connectivity index (χ0n) is 17.4. The highest BCUT2D eigenvalue weighted by Gasteiger charge is 2.25. The summed E-state index contributed by atoms with van der Waals surface area (Å²) in [6, 6.07) is 0. The van der Waals surface area contributed by atoms with Gasteiger partial charge in [-0.15, -0.1) is 0 Å². The number of hydrogen-bond acceptors (Lipinski definition) is 8. The highest BCUT2D eigenvalue weighted by Crippen LogP contribution is 2.17. The minimum atomic E-state index is -0.434. The first-order valence-corrected chi connectivity index (χ1v) is 10.8. The quantitative estimate of drug-likeness (QED) is 0.369. The molecule has 2 rings (SSSR count). The molecule has 1 aromatic heterocycles. The van der Waals surface area contributed by atoms with E-state index < -0.39 is 5.97 Å². The molecule has 2 amide bonds. The molecule has 1 aromatic rings. The van der Waals surface area contributed by atoms with Crippen molar-refractivity contribution in [3.05, 3.63) is 17.0 Å². The molecule has 0 aliphatic carbocycles. The number of carbonyl (C=O) groups excluding carboxylic acids is 3. The van der Waals surface area contributed by atoms with Gasteiger partial charge in [0.15, 0.2) is 11.8 Å². The van der Waals surface area contributed by atoms with Crippen LogP contribution in [0.3, 0.4) is 0 Å². The largest absolute Gasteiger partial charge is 0.456 e. The van der Waals surface area contributed by atoms with E-state index in [0.29, 0.717) is 44.4 Å². The van der Waals surface area contributed by atoms with Gasteiger partial charge in [0.25, 0.3) is 5.91 Å². The Balaban J connectivity index is 1.74. The van der Waals surface area contributed by atoms with E-state index >= 15 is 0 Å². The van der Waals surface area contributed by atoms with Crippen LogP contribution in [0.4, 0.5) is 4.79 Å². The second kappa shape index (κ2) is 11.0. The predicted octanol–water partition coefficient (Wildman–Crippen LogP) is 1.59. The molecule has 1 aliphatic heterocycles. The van der Waals surface area contributed by atoms with Crippen LogP contribution in [-0.2, 0) is 25.5 Å². The Morgan fingerprint density at radius 1 is 1.00 bits per heavy atom. The van der Waals surface area contributed by atoms with Crippen LogP contribution in [0.2, 0.25) is 0 Å². The Morgan fingerprint density at radius 3 is 2.14 bits per heavy atom. The van der Waals surface area contributed by atoms with Gasteiger partial charge < -0.3 is 19.3 Å². The van der Waals surface area contributed by atoms with Gasteiger partial charge in [-0.1, -0.05) is 11.8 Å². The van der Waals surface area contributed by atoms with Crippen LogP contribution in [-0.4, -0.2) is 83.4 Å². The standard InChI is InChI=1S/C19H28N4O5S/c1-5-27-19(26)23-10-8-22(9-11-23)16(24)12-28-17(25)7-6-15-13(2)20-18(29-4)21-14(15)3/h5-12H2,1-4H3. The number of ether oxygens (including phenoxy) is 2. The average Bonchev–Trinajstić information content (AvgIpc) is 2.71. The van der Waals surface area contributed by atoms with Gasteiger partial charge in [0, 0.05) is 44.0 Å². The van der Waals surface area contributed by atoms with E-state index in [9.17, 15) is 14.4 Å². The SMILES string of the molecule is CCOC(=O)N1CCN(C(=O)COC(=O)CCc2c(C)nc(SC)nc2C)CC1. The van der Waals surface area contributed by atoms with Crippen molar-refractivity contribution in [2.75, 3.05) is 45.6 Å². The van der Waals surface area contributed by atoms with Crippen molar-refractivity contribution in [2.24, 2.45) is 0 Å². The Morgan fingerprint density at radius 2 is 1.59 bits per heavy atom. The molecule has 0 radical (unpaired) electrons. The summed E-state index contributed by atoms with van der Waals surface area (Å²) in [5.41, 5.74) is 2.64. The molecule has 2 heterocycles. The molecule has 29 heavy (non-hydrogen) atoms. The summed E-state index contributed by atoms with van der Waals surface area (Å²) < 4.78 is 10.1. The predicted molar refractivity (Wildman–Crippen MR) is 108 cm³/mol. The molecule has 0 aromatic carbocycles. The number of piperazine rings is 1. The van der Waals surface area contributed by atoms with Gasteiger partial charge in [-0.2, -0.15) is 0 Å². The van der Waals surface area contributed by atoms with Gasteiger partial charge in [0.2, 0.25) is 0 Å². The summed E-state index contributed by atoms with van der Waals surface area (Å²) in [5.74, 6) is -0.696. The number of nitrogens with zero attached hydrogens (tertiary/aromatic N) is 4. The zero-order chi connectivity index (χ0) is 21.4. The number of rotatable bonds is 7. The number of esters is 1. The summed E-state index contributed by atoms with van der Waals surface area (Å²) in [4.78, 5) is 47.9. The monoisotopic (exact) mass is 424 g/mol. The first-order valence-electron chi connectivity index (χ1n) is 9.58. The number of amides is 2. The lowest BCUT2D eigenvalue weighted by molar-refractivity contribution is -0.152. The molecule has 0 unspecified atom stereocenters. The second-order valence-corrected chi connectivity index (χ2v) is 7.36. The third kappa shape index (κ3) is 6.59. The lowest BCUT2D eigenvalue weighted by Crippen LogP contribution is -2.51. The van der Waals surface area contributed by atoms with Gasteiger partial charge in [-0.25, -0.2) is 14.8 Å². The number of thioether (sulfide) groups is 1. The smallest absolute Gasteiger partial charge is 0.409 e. The van der Waals surface area contributed by atoms with Gasteiger partial charge in [-0.3, -0.25) is 9.59 Å². The normalized spacial score (nSPS) is 13.9. The third-order valence-electron chi connectivity index (χ3n) is 4.68. The summed E-state index contributed by atoms with van der Waals surface area (Å²) in [6.45, 7) is 7.18. The Labute approximate surface area is 175 Å². The molecule has 1 saturated heterocycles. The van der Waals surface area contributed by atoms with Gasteiger partial charge in [-0.05, 0) is 39.0 Å². The van der Waals surface area contributed by atoms with Crippen molar-refractivity contribution in [3.8, 4) is 0 Å². The van der Waals surface area contributed by atoms with Crippen LogP contribution in [0.1, 0.15) is 30.3 Å². The fraction of sp³-hybridized carbons (Fsp3) is 0.632. The molecule has 9 nitrogen and oxygen atoms in total.